The Balaban J connectivity index is 1.90. The molecule has 0 unspecified atom stereocenters. The summed E-state index contributed by atoms with van der Waals surface area (Å²) in [7, 11) is 3.23. The molecule has 3 aromatic rings. The Kier molecular flexibility index (Phi) is 7.03. The van der Waals surface area contributed by atoms with Crippen LogP contribution in [0.15, 0.2) is 29.4 Å². The van der Waals surface area contributed by atoms with Gasteiger partial charge in [0.15, 0.2) is 5.65 Å². The quantitative estimate of drug-likeness (QED) is 0.353. The molecule has 0 fully saturated rings. The van der Waals surface area contributed by atoms with Crippen LogP contribution in [0.1, 0.15) is 49.2 Å². The lowest BCUT2D eigenvalue weighted by atomic mass is 10.1. The van der Waals surface area contributed by atoms with Crippen LogP contribution in [-0.4, -0.2) is 65.2 Å². The zero-order chi connectivity index (χ0) is 26.9. The second-order valence-corrected chi connectivity index (χ2v) is 9.88. The third kappa shape index (κ3) is 5.64. The molecule has 0 saturated heterocycles. The second-order valence-electron chi connectivity index (χ2n) is 9.88. The number of rotatable bonds is 2. The maximum absolute atomic E-state index is 13.1. The maximum Gasteiger partial charge on any atom is 0.415 e. The van der Waals surface area contributed by atoms with Crippen LogP contribution in [0.3, 0.4) is 0 Å². The predicted molar refractivity (Wildman–Crippen MR) is 142 cm³/mol. The molecule has 2 aromatic heterocycles. The van der Waals surface area contributed by atoms with Crippen molar-refractivity contribution in [2.24, 2.45) is 4.99 Å². The lowest BCUT2D eigenvalue weighted by Crippen LogP contribution is -2.36. The molecule has 4 N–H and O–H groups in total. The van der Waals surface area contributed by atoms with Crippen LogP contribution >= 0.6 is 0 Å². The summed E-state index contributed by atoms with van der Waals surface area (Å²) < 4.78 is 12.8. The van der Waals surface area contributed by atoms with Gasteiger partial charge in [0.05, 0.1) is 30.8 Å². The van der Waals surface area contributed by atoms with Gasteiger partial charge in [-0.1, -0.05) is 0 Å². The lowest BCUT2D eigenvalue weighted by molar-refractivity contribution is 0.0587. The molecule has 4 rings (SSSR count). The summed E-state index contributed by atoms with van der Waals surface area (Å²) in [6.45, 7) is 7.80. The van der Waals surface area contributed by atoms with Crippen molar-refractivity contribution in [3.63, 3.8) is 0 Å². The normalized spacial score (nSPS) is 16.4. The van der Waals surface area contributed by atoms with E-state index in [1.807, 2.05) is 19.1 Å². The second kappa shape index (κ2) is 10.1. The van der Waals surface area contributed by atoms with Crippen molar-refractivity contribution in [2.75, 3.05) is 36.7 Å². The van der Waals surface area contributed by atoms with E-state index in [0.29, 0.717) is 36.2 Å². The summed E-state index contributed by atoms with van der Waals surface area (Å²) in [6.07, 6.45) is 2.50. The molecule has 12 nitrogen and oxygen atoms in total. The number of fused-ring (bicyclic) bond motifs is 3. The van der Waals surface area contributed by atoms with Crippen LogP contribution in [0.4, 0.5) is 27.8 Å². The van der Waals surface area contributed by atoms with E-state index in [1.54, 1.807) is 47.1 Å². The fraction of sp³-hybridized carbons (Fsp3) is 0.400. The Hall–Kier alpha value is -4.19. The van der Waals surface area contributed by atoms with Gasteiger partial charge in [-0.05, 0) is 45.4 Å². The van der Waals surface area contributed by atoms with Gasteiger partial charge in [0.1, 0.15) is 22.8 Å². The van der Waals surface area contributed by atoms with Gasteiger partial charge in [0.25, 0.3) is 5.91 Å². The highest BCUT2D eigenvalue weighted by atomic mass is 16.6. The van der Waals surface area contributed by atoms with Crippen molar-refractivity contribution in [3.8, 4) is 0 Å². The van der Waals surface area contributed by atoms with Gasteiger partial charge in [-0.15, -0.1) is 0 Å². The van der Waals surface area contributed by atoms with E-state index in [0.717, 1.165) is 11.1 Å². The van der Waals surface area contributed by atoms with Gasteiger partial charge in [-0.25, -0.2) is 9.78 Å². The van der Waals surface area contributed by atoms with E-state index in [4.69, 9.17) is 15.2 Å². The van der Waals surface area contributed by atoms with Crippen LogP contribution in [-0.2, 0) is 16.1 Å². The minimum absolute atomic E-state index is 0.243. The first kappa shape index (κ1) is 25.9. The zero-order valence-electron chi connectivity index (χ0n) is 21.8. The molecular formula is C25H32N8O4. The van der Waals surface area contributed by atoms with Gasteiger partial charge in [-0.3, -0.25) is 14.7 Å². The third-order valence-electron chi connectivity index (χ3n) is 5.53. The standard InChI is InChI=1S/C25H32N8O4/c1-14-12-36-13-15-7-16(10-27-5)21(26)18(8-15)30-19-9-20(32(6)24(35)37-25(2,3)4)33-22(31-19)17(11-28-33)23(34)29-14/h7-11,14H,12-13,26H2,1-6H3,(H,29,34)(H,30,31)/t14-/m1/s1. The lowest BCUT2D eigenvalue weighted by Gasteiger charge is -2.25. The fourth-order valence-corrected chi connectivity index (χ4v) is 3.84. The number of hydrogen-bond acceptors (Lipinski definition) is 9. The number of benzene rings is 1. The number of nitrogens with zero attached hydrogens (tertiary/aromatic N) is 5. The molecule has 2 amide bonds. The summed E-state index contributed by atoms with van der Waals surface area (Å²) in [6, 6.07) is 5.13. The van der Waals surface area contributed by atoms with E-state index in [2.05, 4.69) is 25.7 Å². The largest absolute Gasteiger partial charge is 0.443 e. The first-order valence-corrected chi connectivity index (χ1v) is 11.8. The Morgan fingerprint density at radius 3 is 2.81 bits per heavy atom. The Bertz CT molecular complexity index is 1380. The van der Waals surface area contributed by atoms with Crippen molar-refractivity contribution >= 4 is 46.9 Å². The van der Waals surface area contributed by atoms with Crippen molar-refractivity contribution in [3.05, 3.63) is 41.1 Å². The molecule has 0 radical (unpaired) electrons. The van der Waals surface area contributed by atoms with Gasteiger partial charge in [0.2, 0.25) is 0 Å². The van der Waals surface area contributed by atoms with Crippen molar-refractivity contribution in [2.45, 2.75) is 45.9 Å². The minimum atomic E-state index is -0.703. The summed E-state index contributed by atoms with van der Waals surface area (Å²) in [5.41, 5.74) is 8.86. The van der Waals surface area contributed by atoms with Crippen LogP contribution in [0.5, 0.6) is 0 Å². The van der Waals surface area contributed by atoms with Gasteiger partial charge in [0, 0.05) is 38.0 Å². The molecule has 4 bridgehead atoms. The van der Waals surface area contributed by atoms with E-state index in [9.17, 15) is 9.59 Å². The fourth-order valence-electron chi connectivity index (χ4n) is 3.84. The first-order valence-electron chi connectivity index (χ1n) is 11.8. The van der Waals surface area contributed by atoms with E-state index in [1.165, 1.54) is 15.6 Å². The van der Waals surface area contributed by atoms with Crippen LogP contribution < -0.4 is 21.3 Å². The number of carbonyl (C=O) groups excluding carboxylic acids is 2. The molecule has 0 aliphatic carbocycles. The number of nitrogens with one attached hydrogen (secondary N) is 2. The number of carbonyl (C=O) groups is 2. The van der Waals surface area contributed by atoms with Crippen molar-refractivity contribution < 1.29 is 19.1 Å². The highest BCUT2D eigenvalue weighted by Crippen LogP contribution is 2.30. The number of ether oxygens (including phenoxy) is 2. The summed E-state index contributed by atoms with van der Waals surface area (Å²) in [5, 5.41) is 10.5. The molecule has 1 atom stereocenters. The molecule has 1 aromatic carbocycles. The van der Waals surface area contributed by atoms with Crippen molar-refractivity contribution in [1.82, 2.24) is 19.9 Å². The number of amides is 2. The number of hydrogen-bond donors (Lipinski definition) is 3. The highest BCUT2D eigenvalue weighted by Gasteiger charge is 2.26. The predicted octanol–water partition coefficient (Wildman–Crippen LogP) is 3.12. The third-order valence-corrected chi connectivity index (χ3v) is 5.53. The van der Waals surface area contributed by atoms with E-state index in [-0.39, 0.29) is 23.2 Å². The SMILES string of the molecule is CN=Cc1cc2cc(c1N)Nc1cc(N(C)C(=O)OC(C)(C)C)n3ncc(c3n1)C(=O)N[C@H](C)COC2. The molecule has 1 aliphatic heterocycles. The summed E-state index contributed by atoms with van der Waals surface area (Å²) in [5.74, 6) is 0.328. The highest BCUT2D eigenvalue weighted by molar-refractivity contribution is 6.01. The van der Waals surface area contributed by atoms with E-state index >= 15 is 0 Å². The topological polar surface area (TPSA) is 148 Å². The Morgan fingerprint density at radius 2 is 2.11 bits per heavy atom. The summed E-state index contributed by atoms with van der Waals surface area (Å²) >= 11 is 0. The van der Waals surface area contributed by atoms with Crippen LogP contribution in [0, 0.1) is 0 Å². The van der Waals surface area contributed by atoms with Crippen LogP contribution in [0.2, 0.25) is 0 Å². The zero-order valence-corrected chi connectivity index (χ0v) is 21.8. The molecule has 37 heavy (non-hydrogen) atoms. The number of aliphatic imine (C=N–C) groups is 1. The number of nitrogens with two attached hydrogens (primary N) is 1. The molecule has 0 spiro atoms. The van der Waals surface area contributed by atoms with E-state index < -0.39 is 11.7 Å². The molecular weight excluding hydrogens is 476 g/mol. The van der Waals surface area contributed by atoms with Gasteiger partial charge < -0.3 is 25.8 Å². The van der Waals surface area contributed by atoms with Gasteiger partial charge in [-0.2, -0.15) is 9.61 Å². The molecule has 3 heterocycles. The minimum Gasteiger partial charge on any atom is -0.443 e. The monoisotopic (exact) mass is 508 g/mol. The molecule has 1 aliphatic rings. The Morgan fingerprint density at radius 1 is 1.35 bits per heavy atom. The average Bonchev–Trinajstić information content (AvgIpc) is 3.23. The van der Waals surface area contributed by atoms with Gasteiger partial charge >= 0.3 is 6.09 Å². The summed E-state index contributed by atoms with van der Waals surface area (Å²) in [4.78, 5) is 36.1. The number of nitrogen functional groups attached to an aromatic ring is 1. The Labute approximate surface area is 214 Å². The number of aromatic nitrogens is 3. The number of anilines is 4. The molecule has 12 heteroatoms. The molecule has 196 valence electrons. The average molecular weight is 509 g/mol. The first-order chi connectivity index (χ1) is 17.5. The molecule has 0 saturated carbocycles. The van der Waals surface area contributed by atoms with Crippen molar-refractivity contribution in [1.29, 1.82) is 0 Å². The smallest absolute Gasteiger partial charge is 0.415 e. The van der Waals surface area contributed by atoms with Crippen LogP contribution in [0.25, 0.3) is 5.65 Å². The maximum atomic E-state index is 13.1.